The molecule has 0 bridgehead atoms. The van der Waals surface area contributed by atoms with Gasteiger partial charge in [0.1, 0.15) is 5.75 Å². The van der Waals surface area contributed by atoms with Gasteiger partial charge in [0.2, 0.25) is 0 Å². The number of benzene rings is 2. The zero-order chi connectivity index (χ0) is 20.5. The zero-order valence-electron chi connectivity index (χ0n) is 17.1. The highest BCUT2D eigenvalue weighted by molar-refractivity contribution is 6.31. The normalized spacial score (nSPS) is 16.0. The lowest BCUT2D eigenvalue weighted by atomic mass is 9.96. The lowest BCUT2D eigenvalue weighted by Gasteiger charge is -2.31. The molecule has 2 aromatic carbocycles. The molecule has 0 spiro atoms. The van der Waals surface area contributed by atoms with Gasteiger partial charge >= 0.3 is 0 Å². The number of guanidine groups is 1. The van der Waals surface area contributed by atoms with Crippen LogP contribution in [0.25, 0.3) is 0 Å². The van der Waals surface area contributed by atoms with E-state index in [0.717, 1.165) is 62.8 Å². The van der Waals surface area contributed by atoms with Crippen molar-refractivity contribution in [1.82, 2.24) is 10.2 Å². The third-order valence-electron chi connectivity index (χ3n) is 5.46. The summed E-state index contributed by atoms with van der Waals surface area (Å²) in [5.74, 6) is 2.01. The average Bonchev–Trinajstić information content (AvgIpc) is 2.75. The summed E-state index contributed by atoms with van der Waals surface area (Å²) in [6, 6.07) is 16.2. The van der Waals surface area contributed by atoms with Crippen LogP contribution in [0.3, 0.4) is 0 Å². The average molecular weight is 415 g/mol. The highest BCUT2D eigenvalue weighted by Crippen LogP contribution is 2.22. The van der Waals surface area contributed by atoms with Crippen LogP contribution in [0.4, 0.5) is 0 Å². The summed E-state index contributed by atoms with van der Waals surface area (Å²) in [5.41, 5.74) is 8.49. The third-order valence-corrected chi connectivity index (χ3v) is 5.83. The van der Waals surface area contributed by atoms with Crippen LogP contribution >= 0.6 is 11.6 Å². The zero-order valence-corrected chi connectivity index (χ0v) is 17.9. The van der Waals surface area contributed by atoms with E-state index in [1.165, 1.54) is 11.1 Å². The molecule has 0 radical (unpaired) electrons. The molecule has 29 heavy (non-hydrogen) atoms. The van der Waals surface area contributed by atoms with Gasteiger partial charge in [-0.25, -0.2) is 0 Å². The number of methoxy groups -OCH3 is 1. The SMILES string of the molecule is COc1ccc(CCNC(N)=NCC2CCN(Cc3ccccc3Cl)CC2)cc1. The van der Waals surface area contributed by atoms with Gasteiger partial charge in [0.15, 0.2) is 5.96 Å². The van der Waals surface area contributed by atoms with E-state index < -0.39 is 0 Å². The molecule has 0 unspecified atom stereocenters. The molecule has 1 heterocycles. The monoisotopic (exact) mass is 414 g/mol. The van der Waals surface area contributed by atoms with Crippen LogP contribution in [0, 0.1) is 5.92 Å². The number of aliphatic imine (C=N–C) groups is 1. The minimum Gasteiger partial charge on any atom is -0.497 e. The Morgan fingerprint density at radius 1 is 1.17 bits per heavy atom. The van der Waals surface area contributed by atoms with E-state index in [1.54, 1.807) is 7.11 Å². The molecule has 2 aromatic rings. The first kappa shape index (κ1) is 21.5. The van der Waals surface area contributed by atoms with Crippen LogP contribution in [0.1, 0.15) is 24.0 Å². The number of nitrogens with one attached hydrogen (secondary N) is 1. The predicted molar refractivity (Wildman–Crippen MR) is 121 cm³/mol. The van der Waals surface area contributed by atoms with Crippen molar-refractivity contribution in [3.05, 3.63) is 64.7 Å². The fourth-order valence-electron chi connectivity index (χ4n) is 3.61. The fraction of sp³-hybridized carbons (Fsp3) is 0.435. The van der Waals surface area contributed by atoms with E-state index in [4.69, 9.17) is 22.1 Å². The number of nitrogens with two attached hydrogens (primary N) is 1. The summed E-state index contributed by atoms with van der Waals surface area (Å²) in [6.07, 6.45) is 3.20. The van der Waals surface area contributed by atoms with Crippen molar-refractivity contribution in [2.75, 3.05) is 33.3 Å². The molecule has 0 atom stereocenters. The van der Waals surface area contributed by atoms with Crippen molar-refractivity contribution in [3.63, 3.8) is 0 Å². The van der Waals surface area contributed by atoms with Crippen LogP contribution in [0.5, 0.6) is 5.75 Å². The summed E-state index contributed by atoms with van der Waals surface area (Å²) < 4.78 is 5.18. The molecular formula is C23H31ClN4O. The van der Waals surface area contributed by atoms with Gasteiger partial charge in [-0.1, -0.05) is 41.9 Å². The number of hydrogen-bond acceptors (Lipinski definition) is 3. The Balaban J connectivity index is 1.34. The van der Waals surface area contributed by atoms with E-state index in [0.29, 0.717) is 11.9 Å². The van der Waals surface area contributed by atoms with Crippen LogP contribution in [0.15, 0.2) is 53.5 Å². The van der Waals surface area contributed by atoms with Gasteiger partial charge in [0.25, 0.3) is 0 Å². The molecule has 0 aromatic heterocycles. The number of likely N-dealkylation sites (tertiary alicyclic amines) is 1. The van der Waals surface area contributed by atoms with Gasteiger partial charge in [0, 0.05) is 24.7 Å². The molecule has 1 aliphatic heterocycles. The van der Waals surface area contributed by atoms with Crippen LogP contribution in [0.2, 0.25) is 5.02 Å². The largest absolute Gasteiger partial charge is 0.497 e. The first-order valence-corrected chi connectivity index (χ1v) is 10.6. The van der Waals surface area contributed by atoms with Gasteiger partial charge in [-0.05, 0) is 67.6 Å². The Morgan fingerprint density at radius 2 is 1.90 bits per heavy atom. The summed E-state index contributed by atoms with van der Waals surface area (Å²) >= 11 is 6.28. The van der Waals surface area contributed by atoms with Gasteiger partial charge < -0.3 is 15.8 Å². The number of hydrogen-bond donors (Lipinski definition) is 2. The maximum absolute atomic E-state index is 6.28. The van der Waals surface area contributed by atoms with Gasteiger partial charge in [0.05, 0.1) is 7.11 Å². The summed E-state index contributed by atoms with van der Waals surface area (Å²) in [6.45, 7) is 4.65. The van der Waals surface area contributed by atoms with Crippen LogP contribution in [-0.4, -0.2) is 44.1 Å². The molecule has 6 heteroatoms. The second kappa shape index (κ2) is 11.1. The fourth-order valence-corrected chi connectivity index (χ4v) is 3.80. The number of piperidine rings is 1. The number of halogens is 1. The molecular weight excluding hydrogens is 384 g/mol. The first-order chi connectivity index (χ1) is 14.1. The van der Waals surface area contributed by atoms with Crippen LogP contribution < -0.4 is 15.8 Å². The second-order valence-corrected chi connectivity index (χ2v) is 7.97. The second-order valence-electron chi connectivity index (χ2n) is 7.56. The number of ether oxygens (including phenoxy) is 1. The van der Waals surface area contributed by atoms with Crippen molar-refractivity contribution < 1.29 is 4.74 Å². The van der Waals surface area contributed by atoms with E-state index in [-0.39, 0.29) is 0 Å². The van der Waals surface area contributed by atoms with Crippen molar-refractivity contribution in [1.29, 1.82) is 0 Å². The highest BCUT2D eigenvalue weighted by Gasteiger charge is 2.19. The van der Waals surface area contributed by atoms with E-state index in [2.05, 4.69) is 33.4 Å². The van der Waals surface area contributed by atoms with E-state index in [9.17, 15) is 0 Å². The van der Waals surface area contributed by atoms with Gasteiger partial charge in [-0.15, -0.1) is 0 Å². The standard InChI is InChI=1S/C23H31ClN4O/c1-29-21-8-6-18(7-9-21)10-13-26-23(25)27-16-19-11-14-28(15-12-19)17-20-4-2-3-5-22(20)24/h2-9,19H,10-17H2,1H3,(H3,25,26,27). The molecule has 5 nitrogen and oxygen atoms in total. The smallest absolute Gasteiger partial charge is 0.188 e. The Labute approximate surface area is 178 Å². The summed E-state index contributed by atoms with van der Waals surface area (Å²) in [5, 5.41) is 4.07. The molecule has 1 fully saturated rings. The topological polar surface area (TPSA) is 62.9 Å². The summed E-state index contributed by atoms with van der Waals surface area (Å²) in [7, 11) is 1.68. The third kappa shape index (κ3) is 6.94. The Hall–Kier alpha value is -2.24. The Kier molecular flexibility index (Phi) is 8.20. The van der Waals surface area contributed by atoms with Crippen molar-refractivity contribution in [2.45, 2.75) is 25.8 Å². The molecule has 3 N–H and O–H groups in total. The minimum absolute atomic E-state index is 0.539. The van der Waals surface area contributed by atoms with E-state index in [1.807, 2.05) is 30.3 Å². The highest BCUT2D eigenvalue weighted by atomic mass is 35.5. The molecule has 156 valence electrons. The molecule has 1 saturated heterocycles. The molecule has 3 rings (SSSR count). The molecule has 0 aliphatic carbocycles. The Bertz CT molecular complexity index is 786. The lowest BCUT2D eigenvalue weighted by Crippen LogP contribution is -2.36. The maximum atomic E-state index is 6.28. The van der Waals surface area contributed by atoms with Crippen molar-refractivity contribution in [3.8, 4) is 5.75 Å². The predicted octanol–water partition coefficient (Wildman–Crippen LogP) is 3.71. The molecule has 1 aliphatic rings. The maximum Gasteiger partial charge on any atom is 0.188 e. The number of nitrogens with zero attached hydrogens (tertiary/aromatic N) is 2. The van der Waals surface area contributed by atoms with E-state index >= 15 is 0 Å². The minimum atomic E-state index is 0.539. The Morgan fingerprint density at radius 3 is 2.59 bits per heavy atom. The first-order valence-electron chi connectivity index (χ1n) is 10.3. The van der Waals surface area contributed by atoms with Gasteiger partial charge in [-0.2, -0.15) is 0 Å². The molecule has 0 amide bonds. The van der Waals surface area contributed by atoms with Crippen LogP contribution in [-0.2, 0) is 13.0 Å². The van der Waals surface area contributed by atoms with Crippen molar-refractivity contribution in [2.24, 2.45) is 16.6 Å². The molecule has 0 saturated carbocycles. The van der Waals surface area contributed by atoms with Crippen molar-refractivity contribution >= 4 is 17.6 Å². The van der Waals surface area contributed by atoms with Gasteiger partial charge in [-0.3, -0.25) is 9.89 Å². The quantitative estimate of drug-likeness (QED) is 0.510. The number of rotatable bonds is 8. The lowest BCUT2D eigenvalue weighted by molar-refractivity contribution is 0.180. The summed E-state index contributed by atoms with van der Waals surface area (Å²) in [4.78, 5) is 7.02.